The van der Waals surface area contributed by atoms with Crippen LogP contribution >= 0.6 is 0 Å². The molecule has 0 radical (unpaired) electrons. The molecule has 7 heteroatoms. The number of likely N-dealkylation sites (tertiary alicyclic amines) is 1. The molecular weight excluding hydrogens is 248 g/mol. The van der Waals surface area contributed by atoms with Crippen LogP contribution in [0.1, 0.15) is 12.0 Å². The SMILES string of the molecule is COc1ncnc(OC)c1CNC1CCN(C)C1=O. The normalized spacial score (nSPS) is 18.8. The summed E-state index contributed by atoms with van der Waals surface area (Å²) in [7, 11) is 4.89. The number of aromatic nitrogens is 2. The first-order chi connectivity index (χ1) is 9.17. The molecule has 104 valence electrons. The van der Waals surface area contributed by atoms with Gasteiger partial charge in [0.05, 0.1) is 25.8 Å². The molecule has 1 amide bonds. The number of carbonyl (C=O) groups excluding carboxylic acids is 1. The summed E-state index contributed by atoms with van der Waals surface area (Å²) < 4.78 is 10.4. The minimum Gasteiger partial charge on any atom is -0.481 e. The molecular formula is C12H18N4O3. The van der Waals surface area contributed by atoms with E-state index in [2.05, 4.69) is 15.3 Å². The first kappa shape index (κ1) is 13.5. The van der Waals surface area contributed by atoms with Crippen molar-refractivity contribution in [3.8, 4) is 11.8 Å². The van der Waals surface area contributed by atoms with Gasteiger partial charge in [-0.3, -0.25) is 4.79 Å². The Kier molecular flexibility index (Phi) is 4.16. The van der Waals surface area contributed by atoms with Crippen LogP contribution in [0.25, 0.3) is 0 Å². The highest BCUT2D eigenvalue weighted by Crippen LogP contribution is 2.23. The van der Waals surface area contributed by atoms with Crippen LogP contribution in [0.2, 0.25) is 0 Å². The zero-order valence-electron chi connectivity index (χ0n) is 11.3. The molecule has 0 saturated carbocycles. The van der Waals surface area contributed by atoms with Crippen LogP contribution in [-0.2, 0) is 11.3 Å². The molecule has 0 spiro atoms. The number of nitrogens with zero attached hydrogens (tertiary/aromatic N) is 3. The van der Waals surface area contributed by atoms with Crippen LogP contribution in [0.4, 0.5) is 0 Å². The predicted molar refractivity (Wildman–Crippen MR) is 68.0 cm³/mol. The Bertz CT molecular complexity index is 444. The summed E-state index contributed by atoms with van der Waals surface area (Å²) in [5.74, 6) is 1.02. The van der Waals surface area contributed by atoms with Gasteiger partial charge in [-0.05, 0) is 6.42 Å². The highest BCUT2D eigenvalue weighted by molar-refractivity contribution is 5.83. The maximum atomic E-state index is 11.8. The van der Waals surface area contributed by atoms with Gasteiger partial charge in [0.1, 0.15) is 6.33 Å². The summed E-state index contributed by atoms with van der Waals surface area (Å²) in [6.45, 7) is 1.20. The maximum absolute atomic E-state index is 11.8. The monoisotopic (exact) mass is 266 g/mol. The van der Waals surface area contributed by atoms with E-state index in [4.69, 9.17) is 9.47 Å². The first-order valence-electron chi connectivity index (χ1n) is 6.07. The van der Waals surface area contributed by atoms with Gasteiger partial charge in [-0.15, -0.1) is 0 Å². The van der Waals surface area contributed by atoms with Crippen LogP contribution in [-0.4, -0.2) is 54.6 Å². The van der Waals surface area contributed by atoms with Crippen LogP contribution in [0, 0.1) is 0 Å². The van der Waals surface area contributed by atoms with Crippen molar-refractivity contribution in [1.82, 2.24) is 20.2 Å². The second kappa shape index (κ2) is 5.83. The standard InChI is InChI=1S/C12H18N4O3/c1-16-5-4-9(12(16)17)13-6-8-10(18-2)14-7-15-11(8)19-3/h7,9,13H,4-6H2,1-3H3. The van der Waals surface area contributed by atoms with Gasteiger partial charge in [0.15, 0.2) is 0 Å². The fraction of sp³-hybridized carbons (Fsp3) is 0.583. The lowest BCUT2D eigenvalue weighted by molar-refractivity contribution is -0.128. The minimum atomic E-state index is -0.167. The molecule has 1 atom stereocenters. The van der Waals surface area contributed by atoms with Crippen molar-refractivity contribution in [1.29, 1.82) is 0 Å². The Morgan fingerprint density at radius 2 is 2.00 bits per heavy atom. The van der Waals surface area contributed by atoms with E-state index in [1.165, 1.54) is 6.33 Å². The largest absolute Gasteiger partial charge is 0.481 e. The Balaban J connectivity index is 2.09. The second-order valence-electron chi connectivity index (χ2n) is 4.35. The third kappa shape index (κ3) is 2.76. The number of likely N-dealkylation sites (N-methyl/N-ethyl adjacent to an activating group) is 1. The Labute approximate surface area is 111 Å². The van der Waals surface area contributed by atoms with Crippen LogP contribution in [0.5, 0.6) is 11.8 Å². The molecule has 1 fully saturated rings. The molecule has 1 unspecified atom stereocenters. The molecule has 19 heavy (non-hydrogen) atoms. The maximum Gasteiger partial charge on any atom is 0.239 e. The molecule has 1 aliphatic rings. The van der Waals surface area contributed by atoms with E-state index in [-0.39, 0.29) is 11.9 Å². The number of hydrogen-bond donors (Lipinski definition) is 1. The highest BCUT2D eigenvalue weighted by Gasteiger charge is 2.29. The molecule has 7 nitrogen and oxygen atoms in total. The molecule has 1 aliphatic heterocycles. The first-order valence-corrected chi connectivity index (χ1v) is 6.07. The molecule has 0 aromatic carbocycles. The molecule has 0 aliphatic carbocycles. The van der Waals surface area contributed by atoms with Crippen molar-refractivity contribution in [2.45, 2.75) is 19.0 Å². The predicted octanol–water partition coefficient (Wildman–Crippen LogP) is -0.186. The van der Waals surface area contributed by atoms with Crippen molar-refractivity contribution < 1.29 is 14.3 Å². The lowest BCUT2D eigenvalue weighted by Crippen LogP contribution is -2.36. The zero-order chi connectivity index (χ0) is 13.8. The Hall–Kier alpha value is -1.89. The van der Waals surface area contributed by atoms with Gasteiger partial charge in [0.25, 0.3) is 0 Å². The van der Waals surface area contributed by atoms with Gasteiger partial charge in [-0.25, -0.2) is 9.97 Å². The van der Waals surface area contributed by atoms with Crippen molar-refractivity contribution >= 4 is 5.91 Å². The number of ether oxygens (including phenoxy) is 2. The number of hydrogen-bond acceptors (Lipinski definition) is 6. The minimum absolute atomic E-state index is 0.106. The van der Waals surface area contributed by atoms with E-state index >= 15 is 0 Å². The second-order valence-corrected chi connectivity index (χ2v) is 4.35. The molecule has 1 saturated heterocycles. The van der Waals surface area contributed by atoms with Gasteiger partial charge in [-0.2, -0.15) is 0 Å². The summed E-state index contributed by atoms with van der Waals surface area (Å²) in [5, 5.41) is 3.20. The third-order valence-corrected chi connectivity index (χ3v) is 3.21. The number of rotatable bonds is 5. The average molecular weight is 266 g/mol. The summed E-state index contributed by atoms with van der Waals surface area (Å²) in [6, 6.07) is -0.167. The van der Waals surface area contributed by atoms with E-state index < -0.39 is 0 Å². The van der Waals surface area contributed by atoms with E-state index in [0.717, 1.165) is 18.5 Å². The molecule has 1 N–H and O–H groups in total. The fourth-order valence-electron chi connectivity index (χ4n) is 2.12. The molecule has 2 heterocycles. The Morgan fingerprint density at radius 3 is 2.47 bits per heavy atom. The van der Waals surface area contributed by atoms with E-state index in [0.29, 0.717) is 18.3 Å². The van der Waals surface area contributed by atoms with Gasteiger partial charge >= 0.3 is 0 Å². The summed E-state index contributed by atoms with van der Waals surface area (Å²) in [5.41, 5.74) is 0.717. The number of amides is 1. The lowest BCUT2D eigenvalue weighted by atomic mass is 10.2. The molecule has 1 aromatic heterocycles. The number of carbonyl (C=O) groups is 1. The highest BCUT2D eigenvalue weighted by atomic mass is 16.5. The lowest BCUT2D eigenvalue weighted by Gasteiger charge is -2.14. The van der Waals surface area contributed by atoms with Gasteiger partial charge < -0.3 is 19.7 Å². The average Bonchev–Trinajstić information content (AvgIpc) is 2.76. The third-order valence-electron chi connectivity index (χ3n) is 3.21. The van der Waals surface area contributed by atoms with Gasteiger partial charge in [0.2, 0.25) is 17.7 Å². The Morgan fingerprint density at radius 1 is 1.37 bits per heavy atom. The molecule has 1 aromatic rings. The quantitative estimate of drug-likeness (QED) is 0.796. The van der Waals surface area contributed by atoms with E-state index in [1.54, 1.807) is 26.2 Å². The van der Waals surface area contributed by atoms with Crippen molar-refractivity contribution in [2.75, 3.05) is 27.8 Å². The molecule has 0 bridgehead atoms. The summed E-state index contributed by atoms with van der Waals surface area (Å²) >= 11 is 0. The van der Waals surface area contributed by atoms with E-state index in [1.807, 2.05) is 0 Å². The van der Waals surface area contributed by atoms with Gasteiger partial charge in [-0.1, -0.05) is 0 Å². The zero-order valence-corrected chi connectivity index (χ0v) is 11.3. The molecule has 2 rings (SSSR count). The summed E-state index contributed by atoms with van der Waals surface area (Å²) in [6.07, 6.45) is 2.18. The van der Waals surface area contributed by atoms with Crippen LogP contribution in [0.3, 0.4) is 0 Å². The number of methoxy groups -OCH3 is 2. The smallest absolute Gasteiger partial charge is 0.239 e. The van der Waals surface area contributed by atoms with Crippen molar-refractivity contribution in [2.24, 2.45) is 0 Å². The van der Waals surface area contributed by atoms with Crippen LogP contribution in [0.15, 0.2) is 6.33 Å². The van der Waals surface area contributed by atoms with Crippen LogP contribution < -0.4 is 14.8 Å². The van der Waals surface area contributed by atoms with E-state index in [9.17, 15) is 4.79 Å². The van der Waals surface area contributed by atoms with Crippen molar-refractivity contribution in [3.05, 3.63) is 11.9 Å². The topological polar surface area (TPSA) is 76.6 Å². The van der Waals surface area contributed by atoms with Crippen molar-refractivity contribution in [3.63, 3.8) is 0 Å². The number of nitrogens with one attached hydrogen (secondary N) is 1. The fourth-order valence-corrected chi connectivity index (χ4v) is 2.12. The summed E-state index contributed by atoms with van der Waals surface area (Å²) in [4.78, 5) is 21.6. The van der Waals surface area contributed by atoms with Gasteiger partial charge in [0, 0.05) is 20.1 Å².